The standard InChI is InChI=1S/C14H13NO2S/c1-9-5-3-4-6-11(9)14-10(2)18-12(15-14)7-8-13(16)17/h3-8H,1-2H3,(H,16,17)/b8-7+. The van der Waals surface area contributed by atoms with Crippen molar-refractivity contribution in [2.24, 2.45) is 0 Å². The Morgan fingerprint density at radius 1 is 1.33 bits per heavy atom. The first kappa shape index (κ1) is 12.5. The van der Waals surface area contributed by atoms with Gasteiger partial charge in [0.1, 0.15) is 5.01 Å². The maximum absolute atomic E-state index is 10.5. The summed E-state index contributed by atoms with van der Waals surface area (Å²) >= 11 is 1.50. The molecule has 0 radical (unpaired) electrons. The maximum atomic E-state index is 10.5. The molecule has 0 amide bonds. The number of hydrogen-bond donors (Lipinski definition) is 1. The van der Waals surface area contributed by atoms with Crippen molar-refractivity contribution < 1.29 is 9.90 Å². The molecule has 0 spiro atoms. The number of benzene rings is 1. The second kappa shape index (κ2) is 5.14. The molecule has 0 saturated carbocycles. The van der Waals surface area contributed by atoms with Gasteiger partial charge in [-0.05, 0) is 25.5 Å². The first-order valence-corrected chi connectivity index (χ1v) is 6.34. The van der Waals surface area contributed by atoms with Gasteiger partial charge in [0.05, 0.1) is 5.69 Å². The molecule has 18 heavy (non-hydrogen) atoms. The molecule has 0 aliphatic rings. The highest BCUT2D eigenvalue weighted by Gasteiger charge is 2.10. The fourth-order valence-corrected chi connectivity index (χ4v) is 2.56. The number of hydrogen-bond acceptors (Lipinski definition) is 3. The predicted octanol–water partition coefficient (Wildman–Crippen LogP) is 3.52. The minimum atomic E-state index is -0.958. The van der Waals surface area contributed by atoms with Crippen LogP contribution in [0, 0.1) is 13.8 Å². The Kier molecular flexibility index (Phi) is 3.58. The van der Waals surface area contributed by atoms with Crippen molar-refractivity contribution in [3.05, 3.63) is 45.8 Å². The van der Waals surface area contributed by atoms with Crippen LogP contribution in [0.3, 0.4) is 0 Å². The molecule has 1 aromatic heterocycles. The molecule has 0 fully saturated rings. The Labute approximate surface area is 109 Å². The lowest BCUT2D eigenvalue weighted by Crippen LogP contribution is -1.86. The molecule has 0 bridgehead atoms. The lowest BCUT2D eigenvalue weighted by molar-refractivity contribution is -0.131. The summed E-state index contributed by atoms with van der Waals surface area (Å²) in [5.74, 6) is -0.958. The molecule has 0 unspecified atom stereocenters. The lowest BCUT2D eigenvalue weighted by Gasteiger charge is -2.02. The van der Waals surface area contributed by atoms with Gasteiger partial charge >= 0.3 is 5.97 Å². The predicted molar refractivity (Wildman–Crippen MR) is 73.7 cm³/mol. The van der Waals surface area contributed by atoms with Gasteiger partial charge < -0.3 is 5.11 Å². The second-order valence-corrected chi connectivity index (χ2v) is 5.18. The number of aliphatic carboxylic acids is 1. The molecule has 2 aromatic rings. The van der Waals surface area contributed by atoms with Crippen molar-refractivity contribution in [3.8, 4) is 11.3 Å². The van der Waals surface area contributed by atoms with Gasteiger partial charge in [0.2, 0.25) is 0 Å². The quantitative estimate of drug-likeness (QED) is 0.858. The molecule has 92 valence electrons. The van der Waals surface area contributed by atoms with E-state index in [0.717, 1.165) is 22.2 Å². The Hall–Kier alpha value is -1.94. The van der Waals surface area contributed by atoms with Gasteiger partial charge in [-0.2, -0.15) is 0 Å². The molecule has 0 atom stereocenters. The molecule has 0 aliphatic carbocycles. The number of nitrogens with zero attached hydrogens (tertiary/aromatic N) is 1. The summed E-state index contributed by atoms with van der Waals surface area (Å²) in [5, 5.41) is 9.32. The first-order valence-electron chi connectivity index (χ1n) is 5.52. The number of carboxylic acids is 1. The number of aryl methyl sites for hydroxylation is 2. The van der Waals surface area contributed by atoms with E-state index in [4.69, 9.17) is 5.11 Å². The minimum absolute atomic E-state index is 0.716. The van der Waals surface area contributed by atoms with Crippen LogP contribution >= 0.6 is 11.3 Å². The van der Waals surface area contributed by atoms with Gasteiger partial charge in [-0.3, -0.25) is 0 Å². The number of carboxylic acid groups (broad SMARTS) is 1. The molecule has 1 aromatic carbocycles. The van der Waals surface area contributed by atoms with E-state index in [0.29, 0.717) is 5.01 Å². The van der Waals surface area contributed by atoms with Crippen LogP contribution in [0.15, 0.2) is 30.3 Å². The van der Waals surface area contributed by atoms with Crippen LogP contribution in [-0.2, 0) is 4.79 Å². The molecule has 1 heterocycles. The Morgan fingerprint density at radius 3 is 2.72 bits per heavy atom. The average molecular weight is 259 g/mol. The largest absolute Gasteiger partial charge is 0.478 e. The van der Waals surface area contributed by atoms with Crippen LogP contribution < -0.4 is 0 Å². The van der Waals surface area contributed by atoms with E-state index in [-0.39, 0.29) is 0 Å². The highest BCUT2D eigenvalue weighted by atomic mass is 32.1. The zero-order valence-corrected chi connectivity index (χ0v) is 11.0. The van der Waals surface area contributed by atoms with Crippen LogP contribution in [0.2, 0.25) is 0 Å². The molecular formula is C14H13NO2S. The average Bonchev–Trinajstić information content (AvgIpc) is 2.69. The van der Waals surface area contributed by atoms with E-state index in [1.54, 1.807) is 0 Å². The summed E-state index contributed by atoms with van der Waals surface area (Å²) < 4.78 is 0. The smallest absolute Gasteiger partial charge is 0.328 e. The summed E-state index contributed by atoms with van der Waals surface area (Å²) in [5.41, 5.74) is 3.20. The minimum Gasteiger partial charge on any atom is -0.478 e. The molecule has 0 saturated heterocycles. The van der Waals surface area contributed by atoms with E-state index in [2.05, 4.69) is 4.98 Å². The van der Waals surface area contributed by atoms with E-state index < -0.39 is 5.97 Å². The number of rotatable bonds is 3. The van der Waals surface area contributed by atoms with Crippen molar-refractivity contribution in [2.75, 3.05) is 0 Å². The maximum Gasteiger partial charge on any atom is 0.328 e. The molecule has 1 N–H and O–H groups in total. The Bertz CT molecular complexity index is 614. The molecular weight excluding hydrogens is 246 g/mol. The van der Waals surface area contributed by atoms with Crippen molar-refractivity contribution in [2.45, 2.75) is 13.8 Å². The molecule has 3 nitrogen and oxygen atoms in total. The fraction of sp³-hybridized carbons (Fsp3) is 0.143. The van der Waals surface area contributed by atoms with E-state index in [9.17, 15) is 4.79 Å². The highest BCUT2D eigenvalue weighted by Crippen LogP contribution is 2.30. The van der Waals surface area contributed by atoms with Gasteiger partial charge in [0.15, 0.2) is 0 Å². The monoisotopic (exact) mass is 259 g/mol. The molecule has 0 aliphatic heterocycles. The molecule has 2 rings (SSSR count). The van der Waals surface area contributed by atoms with Crippen molar-refractivity contribution in [1.82, 2.24) is 4.98 Å². The van der Waals surface area contributed by atoms with Crippen LogP contribution in [0.25, 0.3) is 17.3 Å². The Balaban J connectivity index is 2.42. The summed E-state index contributed by atoms with van der Waals surface area (Å²) in [6.07, 6.45) is 2.64. The summed E-state index contributed by atoms with van der Waals surface area (Å²) in [6, 6.07) is 8.04. The van der Waals surface area contributed by atoms with Gasteiger partial charge in [0, 0.05) is 16.5 Å². The third-order valence-corrected chi connectivity index (χ3v) is 3.52. The van der Waals surface area contributed by atoms with E-state index in [1.807, 2.05) is 38.1 Å². The third-order valence-electron chi connectivity index (χ3n) is 2.58. The lowest BCUT2D eigenvalue weighted by atomic mass is 10.1. The zero-order chi connectivity index (χ0) is 13.1. The van der Waals surface area contributed by atoms with Crippen LogP contribution in [0.1, 0.15) is 15.4 Å². The third kappa shape index (κ3) is 2.65. The Morgan fingerprint density at radius 2 is 2.06 bits per heavy atom. The summed E-state index contributed by atoms with van der Waals surface area (Å²) in [6.45, 7) is 4.04. The van der Waals surface area contributed by atoms with Crippen molar-refractivity contribution in [1.29, 1.82) is 0 Å². The fourth-order valence-electron chi connectivity index (χ4n) is 1.72. The van der Waals surface area contributed by atoms with Gasteiger partial charge in [0.25, 0.3) is 0 Å². The van der Waals surface area contributed by atoms with Crippen LogP contribution in [0.4, 0.5) is 0 Å². The first-order chi connectivity index (χ1) is 8.58. The van der Waals surface area contributed by atoms with Gasteiger partial charge in [-0.15, -0.1) is 11.3 Å². The second-order valence-electron chi connectivity index (χ2n) is 3.94. The number of thiazole rings is 1. The summed E-state index contributed by atoms with van der Waals surface area (Å²) in [4.78, 5) is 16.1. The van der Waals surface area contributed by atoms with Crippen molar-refractivity contribution >= 4 is 23.4 Å². The highest BCUT2D eigenvalue weighted by molar-refractivity contribution is 7.12. The van der Waals surface area contributed by atoms with Gasteiger partial charge in [-0.1, -0.05) is 24.3 Å². The topological polar surface area (TPSA) is 50.2 Å². The SMILES string of the molecule is Cc1ccccc1-c1nc(/C=C/C(=O)O)sc1C. The zero-order valence-electron chi connectivity index (χ0n) is 10.2. The number of aromatic nitrogens is 1. The van der Waals surface area contributed by atoms with E-state index >= 15 is 0 Å². The molecule has 4 heteroatoms. The van der Waals surface area contributed by atoms with Crippen LogP contribution in [0.5, 0.6) is 0 Å². The van der Waals surface area contributed by atoms with Crippen LogP contribution in [-0.4, -0.2) is 16.1 Å². The van der Waals surface area contributed by atoms with Crippen molar-refractivity contribution in [3.63, 3.8) is 0 Å². The van der Waals surface area contributed by atoms with E-state index in [1.165, 1.54) is 23.0 Å². The summed E-state index contributed by atoms with van der Waals surface area (Å²) in [7, 11) is 0. The van der Waals surface area contributed by atoms with Gasteiger partial charge in [-0.25, -0.2) is 9.78 Å². The normalized spacial score (nSPS) is 11.0. The number of carbonyl (C=O) groups is 1.